The number of likely N-dealkylation sites (N-methyl/N-ethyl adjacent to an activating group) is 1. The monoisotopic (exact) mass is 400 g/mol. The minimum Gasteiger partial charge on any atom is -0.494 e. The van der Waals surface area contributed by atoms with E-state index in [-0.39, 0.29) is 29.8 Å². The highest BCUT2D eigenvalue weighted by molar-refractivity contribution is 5.84. The van der Waals surface area contributed by atoms with Crippen molar-refractivity contribution in [1.29, 1.82) is 0 Å². The van der Waals surface area contributed by atoms with E-state index < -0.39 is 0 Å². The first-order valence-electron chi connectivity index (χ1n) is 10.9. The maximum atomic E-state index is 12.9. The molecule has 0 spiro atoms. The molecule has 3 fully saturated rings. The van der Waals surface area contributed by atoms with Crippen LogP contribution in [-0.4, -0.2) is 59.5 Å². The first kappa shape index (κ1) is 20.2. The van der Waals surface area contributed by atoms with Crippen LogP contribution in [0.25, 0.3) is 0 Å². The molecule has 3 aliphatic rings. The summed E-state index contributed by atoms with van der Waals surface area (Å²) in [6, 6.07) is 8.24. The van der Waals surface area contributed by atoms with Crippen LogP contribution < -0.4 is 15.5 Å². The topological polar surface area (TPSA) is 73.9 Å². The van der Waals surface area contributed by atoms with Crippen LogP contribution in [0.15, 0.2) is 24.3 Å². The average molecular weight is 401 g/mol. The number of rotatable bonds is 6. The minimum absolute atomic E-state index is 0.0285. The Morgan fingerprint density at radius 2 is 2.10 bits per heavy atom. The molecule has 2 amide bonds. The third kappa shape index (κ3) is 3.98. The van der Waals surface area contributed by atoms with E-state index in [1.165, 1.54) is 0 Å². The van der Waals surface area contributed by atoms with Crippen LogP contribution in [0.5, 0.6) is 5.75 Å². The number of hydrogen-bond donors (Lipinski definition) is 2. The molecule has 4 atom stereocenters. The Kier molecular flexibility index (Phi) is 6.06. The smallest absolute Gasteiger partial charge is 0.241 e. The second kappa shape index (κ2) is 8.71. The van der Waals surface area contributed by atoms with Crippen LogP contribution >= 0.6 is 0 Å². The van der Waals surface area contributed by atoms with E-state index >= 15 is 0 Å². The maximum absolute atomic E-state index is 12.9. The molecule has 4 unspecified atom stereocenters. The molecule has 2 N–H and O–H groups in total. The second-order valence-corrected chi connectivity index (χ2v) is 8.19. The van der Waals surface area contributed by atoms with Crippen molar-refractivity contribution in [3.8, 4) is 5.75 Å². The lowest BCUT2D eigenvalue weighted by molar-refractivity contribution is -0.155. The number of nitrogens with zero attached hydrogens (tertiary/aromatic N) is 2. The number of nitrogens with one attached hydrogen (secondary N) is 2. The van der Waals surface area contributed by atoms with Gasteiger partial charge in [-0.3, -0.25) is 15.0 Å². The first-order chi connectivity index (χ1) is 14.1. The molecule has 7 nitrogen and oxygen atoms in total. The normalized spacial score (nSPS) is 29.3. The van der Waals surface area contributed by atoms with E-state index in [0.29, 0.717) is 25.7 Å². The molecule has 1 aromatic rings. The SMILES string of the molecule is CCOc1cccc(CNC(=O)C2CCC3C(C2)N(CC)C(=O)C2CCNN23)c1. The zero-order valence-electron chi connectivity index (χ0n) is 17.4. The average Bonchev–Trinajstić information content (AvgIpc) is 3.23. The van der Waals surface area contributed by atoms with E-state index in [2.05, 4.69) is 15.8 Å². The summed E-state index contributed by atoms with van der Waals surface area (Å²) in [7, 11) is 0. The Morgan fingerprint density at radius 3 is 2.90 bits per heavy atom. The van der Waals surface area contributed by atoms with Gasteiger partial charge in [-0.05, 0) is 57.2 Å². The number of ether oxygens (including phenoxy) is 1. The van der Waals surface area contributed by atoms with Gasteiger partial charge in [0, 0.05) is 37.6 Å². The predicted octanol–water partition coefficient (Wildman–Crippen LogP) is 1.68. The zero-order chi connectivity index (χ0) is 20.4. The molecule has 158 valence electrons. The summed E-state index contributed by atoms with van der Waals surface area (Å²) >= 11 is 0. The van der Waals surface area contributed by atoms with Crippen LogP contribution in [0, 0.1) is 5.92 Å². The predicted molar refractivity (Wildman–Crippen MR) is 110 cm³/mol. The molecular formula is C22H32N4O3. The van der Waals surface area contributed by atoms with Crippen molar-refractivity contribution in [1.82, 2.24) is 20.7 Å². The first-order valence-corrected chi connectivity index (χ1v) is 10.9. The third-order valence-corrected chi connectivity index (χ3v) is 6.54. The largest absolute Gasteiger partial charge is 0.494 e. The Labute approximate surface area is 172 Å². The zero-order valence-corrected chi connectivity index (χ0v) is 17.4. The van der Waals surface area contributed by atoms with Crippen molar-refractivity contribution in [3.63, 3.8) is 0 Å². The Hall–Kier alpha value is -2.12. The van der Waals surface area contributed by atoms with Crippen LogP contribution in [0.1, 0.15) is 45.1 Å². The summed E-state index contributed by atoms with van der Waals surface area (Å²) in [6.45, 7) is 6.70. The molecule has 29 heavy (non-hydrogen) atoms. The highest BCUT2D eigenvalue weighted by atomic mass is 16.5. The number of hydrazine groups is 1. The van der Waals surface area contributed by atoms with Gasteiger partial charge in [-0.15, -0.1) is 0 Å². The Morgan fingerprint density at radius 1 is 1.24 bits per heavy atom. The lowest BCUT2D eigenvalue weighted by Crippen LogP contribution is -2.68. The quantitative estimate of drug-likeness (QED) is 0.760. The molecule has 1 saturated carbocycles. The number of carbonyl (C=O) groups is 2. The standard InChI is InChI=1S/C22H32N4O3/c1-3-25-20-13-16(8-9-18(20)26-19(22(25)28)10-11-24-26)21(27)23-14-15-6-5-7-17(12-15)29-4-2/h5-7,12,16,18-20,24H,3-4,8-11,13-14H2,1-2H3,(H,23,27). The fourth-order valence-corrected chi connectivity index (χ4v) is 5.19. The van der Waals surface area contributed by atoms with E-state index in [1.54, 1.807) is 0 Å². The molecule has 1 aliphatic carbocycles. The molecule has 1 aromatic carbocycles. The fourth-order valence-electron chi connectivity index (χ4n) is 5.19. The molecule has 2 saturated heterocycles. The van der Waals surface area contributed by atoms with E-state index in [1.807, 2.05) is 43.0 Å². The summed E-state index contributed by atoms with van der Waals surface area (Å²) in [5.74, 6) is 1.08. The number of carbonyl (C=O) groups excluding carboxylic acids is 2. The molecule has 0 radical (unpaired) electrons. The summed E-state index contributed by atoms with van der Waals surface area (Å²) in [4.78, 5) is 27.8. The highest BCUT2D eigenvalue weighted by Gasteiger charge is 2.50. The lowest BCUT2D eigenvalue weighted by atomic mass is 9.78. The van der Waals surface area contributed by atoms with E-state index in [9.17, 15) is 9.59 Å². The van der Waals surface area contributed by atoms with Gasteiger partial charge in [0.1, 0.15) is 11.8 Å². The molecule has 0 aromatic heterocycles. The molecule has 2 heterocycles. The van der Waals surface area contributed by atoms with Gasteiger partial charge in [0.25, 0.3) is 0 Å². The highest BCUT2D eigenvalue weighted by Crippen LogP contribution is 2.37. The number of amides is 2. The van der Waals surface area contributed by atoms with Crippen molar-refractivity contribution in [3.05, 3.63) is 29.8 Å². The van der Waals surface area contributed by atoms with Gasteiger partial charge >= 0.3 is 0 Å². The molecule has 0 bridgehead atoms. The number of fused-ring (bicyclic) bond motifs is 3. The maximum Gasteiger partial charge on any atom is 0.241 e. The van der Waals surface area contributed by atoms with Gasteiger partial charge in [0.2, 0.25) is 11.8 Å². The Balaban J connectivity index is 1.38. The molecular weight excluding hydrogens is 368 g/mol. The number of hydrogen-bond acceptors (Lipinski definition) is 5. The van der Waals surface area contributed by atoms with Crippen molar-refractivity contribution in [2.75, 3.05) is 19.7 Å². The van der Waals surface area contributed by atoms with Crippen LogP contribution in [-0.2, 0) is 16.1 Å². The summed E-state index contributed by atoms with van der Waals surface area (Å²) in [5, 5.41) is 5.28. The lowest BCUT2D eigenvalue weighted by Gasteiger charge is -2.51. The summed E-state index contributed by atoms with van der Waals surface area (Å²) in [6.07, 6.45) is 3.42. The van der Waals surface area contributed by atoms with E-state index in [4.69, 9.17) is 4.74 Å². The van der Waals surface area contributed by atoms with Crippen molar-refractivity contribution >= 4 is 11.8 Å². The van der Waals surface area contributed by atoms with E-state index in [0.717, 1.165) is 43.5 Å². The van der Waals surface area contributed by atoms with Gasteiger partial charge in [0.05, 0.1) is 6.61 Å². The van der Waals surface area contributed by atoms with Crippen LogP contribution in [0.3, 0.4) is 0 Å². The van der Waals surface area contributed by atoms with Gasteiger partial charge in [-0.25, -0.2) is 5.01 Å². The van der Waals surface area contributed by atoms with Crippen LogP contribution in [0.2, 0.25) is 0 Å². The second-order valence-electron chi connectivity index (χ2n) is 8.19. The van der Waals surface area contributed by atoms with Crippen molar-refractivity contribution < 1.29 is 14.3 Å². The third-order valence-electron chi connectivity index (χ3n) is 6.54. The fraction of sp³-hybridized carbons (Fsp3) is 0.636. The van der Waals surface area contributed by atoms with Gasteiger partial charge in [0.15, 0.2) is 0 Å². The summed E-state index contributed by atoms with van der Waals surface area (Å²) < 4.78 is 5.54. The van der Waals surface area contributed by atoms with Gasteiger partial charge in [-0.2, -0.15) is 0 Å². The summed E-state index contributed by atoms with van der Waals surface area (Å²) in [5.41, 5.74) is 4.45. The number of piperazine rings is 1. The van der Waals surface area contributed by atoms with Crippen molar-refractivity contribution in [2.45, 2.75) is 64.2 Å². The van der Waals surface area contributed by atoms with Crippen molar-refractivity contribution in [2.24, 2.45) is 5.92 Å². The minimum atomic E-state index is -0.0488. The van der Waals surface area contributed by atoms with Crippen LogP contribution in [0.4, 0.5) is 0 Å². The van der Waals surface area contributed by atoms with Gasteiger partial charge < -0.3 is 15.0 Å². The molecule has 2 aliphatic heterocycles. The molecule has 7 heteroatoms. The number of benzene rings is 1. The Bertz CT molecular complexity index is 755. The molecule has 4 rings (SSSR count). The van der Waals surface area contributed by atoms with Gasteiger partial charge in [-0.1, -0.05) is 12.1 Å².